The molecule has 1 aromatic carbocycles. The van der Waals surface area contributed by atoms with Crippen LogP contribution in [0.1, 0.15) is 24.8 Å². The van der Waals surface area contributed by atoms with E-state index < -0.39 is 0 Å². The van der Waals surface area contributed by atoms with E-state index in [1.165, 1.54) is 29.9 Å². The van der Waals surface area contributed by atoms with E-state index in [0.29, 0.717) is 12.1 Å². The van der Waals surface area contributed by atoms with Crippen LogP contribution in [0.4, 0.5) is 0 Å². The molecule has 2 N–H and O–H groups in total. The highest BCUT2D eigenvalue weighted by atomic mass is 32.2. The first-order valence-corrected chi connectivity index (χ1v) is 9.24. The number of nitrogens with one attached hydrogen (secondary N) is 1. The molecule has 2 atom stereocenters. The standard InChI is InChI=1S/C17H26N2OS/c20-17-10-16(11-18-15-6-8-21-9-7-15)19(13-17)12-14-4-2-1-3-5-14/h1-5,15-18,20H,6-13H2. The highest BCUT2D eigenvalue weighted by Crippen LogP contribution is 2.22. The lowest BCUT2D eigenvalue weighted by molar-refractivity contribution is 0.172. The van der Waals surface area contributed by atoms with Crippen LogP contribution in [0.2, 0.25) is 0 Å². The summed E-state index contributed by atoms with van der Waals surface area (Å²) in [6, 6.07) is 11.7. The smallest absolute Gasteiger partial charge is 0.0682 e. The van der Waals surface area contributed by atoms with Gasteiger partial charge in [-0.1, -0.05) is 30.3 Å². The molecule has 4 heteroatoms. The summed E-state index contributed by atoms with van der Waals surface area (Å²) in [5.74, 6) is 2.58. The molecule has 0 aliphatic carbocycles. The molecule has 0 saturated carbocycles. The second-order valence-electron chi connectivity index (χ2n) is 6.25. The van der Waals surface area contributed by atoms with E-state index >= 15 is 0 Å². The number of likely N-dealkylation sites (tertiary alicyclic amines) is 1. The van der Waals surface area contributed by atoms with Crippen LogP contribution in [-0.4, -0.2) is 52.8 Å². The average Bonchev–Trinajstić information content (AvgIpc) is 2.87. The van der Waals surface area contributed by atoms with Gasteiger partial charge in [0.25, 0.3) is 0 Å². The zero-order valence-electron chi connectivity index (χ0n) is 12.6. The number of benzene rings is 1. The fraction of sp³-hybridized carbons (Fsp3) is 0.647. The van der Waals surface area contributed by atoms with Crippen molar-refractivity contribution in [3.63, 3.8) is 0 Å². The maximum Gasteiger partial charge on any atom is 0.0682 e. The molecule has 2 fully saturated rings. The highest BCUT2D eigenvalue weighted by molar-refractivity contribution is 7.99. The number of nitrogens with zero attached hydrogens (tertiary/aromatic N) is 1. The molecule has 0 amide bonds. The fourth-order valence-corrected chi connectivity index (χ4v) is 4.49. The van der Waals surface area contributed by atoms with E-state index in [1.54, 1.807) is 0 Å². The summed E-state index contributed by atoms with van der Waals surface area (Å²) >= 11 is 2.07. The summed E-state index contributed by atoms with van der Waals surface area (Å²) < 4.78 is 0. The number of thioether (sulfide) groups is 1. The van der Waals surface area contributed by atoms with Gasteiger partial charge in [-0.15, -0.1) is 0 Å². The van der Waals surface area contributed by atoms with Gasteiger partial charge in [0, 0.05) is 31.7 Å². The van der Waals surface area contributed by atoms with E-state index in [9.17, 15) is 5.11 Å². The van der Waals surface area contributed by atoms with Crippen molar-refractivity contribution >= 4 is 11.8 Å². The van der Waals surface area contributed by atoms with Crippen molar-refractivity contribution in [1.29, 1.82) is 0 Å². The molecule has 3 nitrogen and oxygen atoms in total. The Balaban J connectivity index is 1.52. The minimum Gasteiger partial charge on any atom is -0.392 e. The summed E-state index contributed by atoms with van der Waals surface area (Å²) in [6.45, 7) is 2.77. The Hall–Kier alpha value is -0.550. The van der Waals surface area contributed by atoms with Gasteiger partial charge < -0.3 is 10.4 Å². The second kappa shape index (κ2) is 7.63. The van der Waals surface area contributed by atoms with Crippen LogP contribution in [0.3, 0.4) is 0 Å². The molecule has 3 rings (SSSR count). The number of aliphatic hydroxyl groups excluding tert-OH is 1. The van der Waals surface area contributed by atoms with Crippen LogP contribution in [0.15, 0.2) is 30.3 Å². The number of hydrogen-bond acceptors (Lipinski definition) is 4. The number of aliphatic hydroxyl groups is 1. The van der Waals surface area contributed by atoms with E-state index in [-0.39, 0.29) is 6.10 Å². The topological polar surface area (TPSA) is 35.5 Å². The zero-order valence-corrected chi connectivity index (χ0v) is 13.4. The Morgan fingerprint density at radius 2 is 1.95 bits per heavy atom. The molecule has 2 aliphatic heterocycles. The van der Waals surface area contributed by atoms with Crippen molar-refractivity contribution in [3.05, 3.63) is 35.9 Å². The average molecular weight is 306 g/mol. The summed E-state index contributed by atoms with van der Waals surface area (Å²) in [6.07, 6.45) is 3.32. The zero-order chi connectivity index (χ0) is 14.5. The minimum absolute atomic E-state index is 0.164. The first kappa shape index (κ1) is 15.3. The van der Waals surface area contributed by atoms with Gasteiger partial charge in [0.2, 0.25) is 0 Å². The molecule has 0 aromatic heterocycles. The lowest BCUT2D eigenvalue weighted by Gasteiger charge is -2.28. The van der Waals surface area contributed by atoms with Crippen LogP contribution in [0, 0.1) is 0 Å². The van der Waals surface area contributed by atoms with Gasteiger partial charge in [0.15, 0.2) is 0 Å². The van der Waals surface area contributed by atoms with Crippen molar-refractivity contribution in [3.8, 4) is 0 Å². The van der Waals surface area contributed by atoms with Gasteiger partial charge >= 0.3 is 0 Å². The molecular formula is C17H26N2OS. The third-order valence-electron chi connectivity index (χ3n) is 4.60. The molecule has 0 spiro atoms. The van der Waals surface area contributed by atoms with E-state index in [4.69, 9.17) is 0 Å². The Morgan fingerprint density at radius 3 is 2.71 bits per heavy atom. The third-order valence-corrected chi connectivity index (χ3v) is 5.65. The van der Waals surface area contributed by atoms with E-state index in [0.717, 1.165) is 26.1 Å². The van der Waals surface area contributed by atoms with Gasteiger partial charge in [0.1, 0.15) is 0 Å². The first-order chi connectivity index (χ1) is 10.3. The summed E-state index contributed by atoms with van der Waals surface area (Å²) in [4.78, 5) is 2.44. The van der Waals surface area contributed by atoms with Gasteiger partial charge in [0.05, 0.1) is 6.10 Å². The quantitative estimate of drug-likeness (QED) is 0.873. The Bertz CT molecular complexity index is 422. The highest BCUT2D eigenvalue weighted by Gasteiger charge is 2.31. The summed E-state index contributed by atoms with van der Waals surface area (Å²) in [5, 5.41) is 13.7. The second-order valence-corrected chi connectivity index (χ2v) is 7.48. The molecule has 2 heterocycles. The van der Waals surface area contributed by atoms with Crippen LogP contribution in [-0.2, 0) is 6.54 Å². The monoisotopic (exact) mass is 306 g/mol. The van der Waals surface area contributed by atoms with Crippen LogP contribution < -0.4 is 5.32 Å². The predicted octanol–water partition coefficient (Wildman–Crippen LogP) is 2.11. The Morgan fingerprint density at radius 1 is 1.19 bits per heavy atom. The first-order valence-electron chi connectivity index (χ1n) is 8.08. The van der Waals surface area contributed by atoms with E-state index in [1.807, 2.05) is 0 Å². The molecule has 2 saturated heterocycles. The molecule has 0 bridgehead atoms. The lowest BCUT2D eigenvalue weighted by atomic mass is 10.1. The summed E-state index contributed by atoms with van der Waals surface area (Å²) in [7, 11) is 0. The minimum atomic E-state index is -0.164. The van der Waals surface area contributed by atoms with E-state index in [2.05, 4.69) is 52.3 Å². The van der Waals surface area contributed by atoms with Crippen molar-refractivity contribution in [1.82, 2.24) is 10.2 Å². The summed E-state index contributed by atoms with van der Waals surface area (Å²) in [5.41, 5.74) is 1.34. The SMILES string of the molecule is OC1CC(CNC2CCSCC2)N(Cc2ccccc2)C1. The van der Waals surface area contributed by atoms with Crippen molar-refractivity contribution in [2.75, 3.05) is 24.6 Å². The largest absolute Gasteiger partial charge is 0.392 e. The number of hydrogen-bond donors (Lipinski definition) is 2. The van der Waals surface area contributed by atoms with Crippen LogP contribution in [0.5, 0.6) is 0 Å². The van der Waals surface area contributed by atoms with Gasteiger partial charge in [-0.3, -0.25) is 4.90 Å². The maximum absolute atomic E-state index is 10.0. The molecule has 2 aliphatic rings. The normalized spacial score (nSPS) is 28.0. The fourth-order valence-electron chi connectivity index (χ4n) is 3.39. The van der Waals surface area contributed by atoms with Crippen molar-refractivity contribution < 1.29 is 5.11 Å². The van der Waals surface area contributed by atoms with Gasteiger partial charge in [-0.25, -0.2) is 0 Å². The lowest BCUT2D eigenvalue weighted by Crippen LogP contribution is -2.42. The molecule has 0 radical (unpaired) electrons. The predicted molar refractivity (Wildman–Crippen MR) is 89.6 cm³/mol. The molecule has 21 heavy (non-hydrogen) atoms. The van der Waals surface area contributed by atoms with Gasteiger partial charge in [-0.05, 0) is 36.3 Å². The van der Waals surface area contributed by atoms with Crippen molar-refractivity contribution in [2.45, 2.75) is 44.0 Å². The Kier molecular flexibility index (Phi) is 5.58. The number of β-amino-alcohol motifs (C(OH)–C–C–N with tert-alkyl or cyclic N) is 1. The van der Waals surface area contributed by atoms with Crippen molar-refractivity contribution in [2.24, 2.45) is 0 Å². The van der Waals surface area contributed by atoms with Crippen LogP contribution >= 0.6 is 11.8 Å². The Labute approximate surface area is 132 Å². The molecule has 1 aromatic rings. The van der Waals surface area contributed by atoms with Gasteiger partial charge in [-0.2, -0.15) is 11.8 Å². The molecular weight excluding hydrogens is 280 g/mol. The molecule has 2 unspecified atom stereocenters. The molecule has 116 valence electrons. The number of rotatable bonds is 5. The maximum atomic E-state index is 10.0. The van der Waals surface area contributed by atoms with Crippen LogP contribution in [0.25, 0.3) is 0 Å². The third kappa shape index (κ3) is 4.46.